The van der Waals surface area contributed by atoms with Gasteiger partial charge in [-0.3, -0.25) is 0 Å². The molecule has 1 atom stereocenters. The highest BCUT2D eigenvalue weighted by molar-refractivity contribution is 5.86. The van der Waals surface area contributed by atoms with Crippen LogP contribution in [0.3, 0.4) is 0 Å². The molecular formula is C37H38N2+2. The molecule has 0 N–H and O–H groups in total. The van der Waals surface area contributed by atoms with Crippen LogP contribution in [-0.4, -0.2) is 0 Å². The number of fused-ring (bicyclic) bond motifs is 13. The fourth-order valence-corrected chi connectivity index (χ4v) is 8.32. The molecule has 4 aliphatic rings. The molecule has 1 unspecified atom stereocenters. The van der Waals surface area contributed by atoms with Crippen LogP contribution in [0.5, 0.6) is 0 Å². The largest absolute Gasteiger partial charge is 0.417 e. The van der Waals surface area contributed by atoms with E-state index in [4.69, 9.17) is 0 Å². The minimum Gasteiger partial charge on any atom is -0.125 e. The molecule has 2 nitrogen and oxygen atoms in total. The molecule has 4 heterocycles. The van der Waals surface area contributed by atoms with Crippen LogP contribution in [0, 0.1) is 20.8 Å². The van der Waals surface area contributed by atoms with Crippen LogP contribution in [0.4, 0.5) is 0 Å². The summed E-state index contributed by atoms with van der Waals surface area (Å²) in [6.45, 7) is 11.4. The smallest absolute Gasteiger partial charge is 0.125 e. The van der Waals surface area contributed by atoms with Crippen molar-refractivity contribution in [1.82, 2.24) is 0 Å². The zero-order chi connectivity index (χ0) is 26.6. The summed E-state index contributed by atoms with van der Waals surface area (Å²) in [5.41, 5.74) is 21.5. The molecule has 194 valence electrons. The number of benzene rings is 2. The zero-order valence-corrected chi connectivity index (χ0v) is 24.0. The van der Waals surface area contributed by atoms with E-state index in [-0.39, 0.29) is 0 Å². The summed E-state index contributed by atoms with van der Waals surface area (Å²) >= 11 is 0. The average molecular weight is 511 g/mol. The Morgan fingerprint density at radius 3 is 2.31 bits per heavy atom. The van der Waals surface area contributed by atoms with Crippen molar-refractivity contribution in [3.63, 3.8) is 0 Å². The van der Waals surface area contributed by atoms with E-state index >= 15 is 0 Å². The second-order valence-electron chi connectivity index (χ2n) is 12.4. The summed E-state index contributed by atoms with van der Waals surface area (Å²) < 4.78 is 5.30. The van der Waals surface area contributed by atoms with Gasteiger partial charge in [-0.15, -0.1) is 9.13 Å². The van der Waals surface area contributed by atoms with E-state index < -0.39 is 5.66 Å². The van der Waals surface area contributed by atoms with Crippen LogP contribution in [-0.2, 0) is 24.9 Å². The Morgan fingerprint density at radius 1 is 0.718 bits per heavy atom. The Kier molecular flexibility index (Phi) is 4.80. The van der Waals surface area contributed by atoms with E-state index in [2.05, 4.69) is 98.6 Å². The molecule has 8 rings (SSSR count). The van der Waals surface area contributed by atoms with E-state index in [1.165, 1.54) is 92.7 Å². The second-order valence-corrected chi connectivity index (χ2v) is 12.4. The van der Waals surface area contributed by atoms with Gasteiger partial charge in [0.15, 0.2) is 12.4 Å². The Bertz CT molecular complexity index is 1790. The third-order valence-electron chi connectivity index (χ3n) is 10.4. The van der Waals surface area contributed by atoms with E-state index in [1.807, 2.05) is 0 Å². The summed E-state index contributed by atoms with van der Waals surface area (Å²) in [6.07, 6.45) is 13.4. The molecule has 0 bridgehead atoms. The molecular weight excluding hydrogens is 472 g/mol. The van der Waals surface area contributed by atoms with Crippen LogP contribution < -0.4 is 9.13 Å². The van der Waals surface area contributed by atoms with Gasteiger partial charge in [0.2, 0.25) is 11.4 Å². The quantitative estimate of drug-likeness (QED) is 0.214. The lowest BCUT2D eigenvalue weighted by Crippen LogP contribution is -2.71. The summed E-state index contributed by atoms with van der Waals surface area (Å²) in [5, 5.41) is 0. The lowest BCUT2D eigenvalue weighted by atomic mass is 9.85. The number of allylic oxidation sites excluding steroid dienone is 2. The van der Waals surface area contributed by atoms with Crippen LogP contribution in [0.2, 0.25) is 0 Å². The third-order valence-corrected chi connectivity index (χ3v) is 10.4. The highest BCUT2D eigenvalue weighted by atomic mass is 15.3. The molecule has 0 radical (unpaired) electrons. The first-order chi connectivity index (χ1) is 19.0. The number of hydrogen-bond donors (Lipinski definition) is 0. The Hall–Kier alpha value is -3.52. The average Bonchev–Trinajstić information content (AvgIpc) is 3.55. The van der Waals surface area contributed by atoms with Gasteiger partial charge in [0.1, 0.15) is 11.1 Å². The number of pyridine rings is 2. The van der Waals surface area contributed by atoms with E-state index in [0.717, 1.165) is 19.3 Å². The van der Waals surface area contributed by atoms with Gasteiger partial charge in [0.05, 0.1) is 11.1 Å². The van der Waals surface area contributed by atoms with Crippen LogP contribution in [0.1, 0.15) is 89.6 Å². The van der Waals surface area contributed by atoms with Gasteiger partial charge in [0, 0.05) is 23.3 Å². The monoisotopic (exact) mass is 510 g/mol. The summed E-state index contributed by atoms with van der Waals surface area (Å²) in [4.78, 5) is 0. The minimum atomic E-state index is -0.409. The lowest BCUT2D eigenvalue weighted by molar-refractivity contribution is -0.955. The highest BCUT2D eigenvalue weighted by Gasteiger charge is 2.67. The Labute approximate surface area is 232 Å². The molecule has 0 fully saturated rings. The number of nitrogens with zero attached hydrogens (tertiary/aromatic N) is 2. The lowest BCUT2D eigenvalue weighted by Gasteiger charge is -2.19. The maximum absolute atomic E-state index is 2.68. The van der Waals surface area contributed by atoms with E-state index in [0.29, 0.717) is 0 Å². The molecule has 2 aliphatic carbocycles. The SMILES string of the molecule is CCc1cc2[n+](cc1CC)C1(c3cc(C)ccc3-c3cc(C)c(C)c[n+]31)c1ccc3c(c1-2)CC1=C3CCCC1. The molecule has 2 aromatic carbocycles. The molecule has 2 heteroatoms. The number of aryl methyl sites for hydroxylation is 5. The van der Waals surface area contributed by atoms with Crippen molar-refractivity contribution in [1.29, 1.82) is 0 Å². The predicted octanol–water partition coefficient (Wildman–Crippen LogP) is 7.45. The minimum absolute atomic E-state index is 0.409. The van der Waals surface area contributed by atoms with Crippen molar-refractivity contribution >= 4 is 5.57 Å². The van der Waals surface area contributed by atoms with Gasteiger partial charge in [-0.2, -0.15) is 0 Å². The van der Waals surface area contributed by atoms with E-state index in [9.17, 15) is 0 Å². The van der Waals surface area contributed by atoms with Gasteiger partial charge >= 0.3 is 5.66 Å². The first-order valence-corrected chi connectivity index (χ1v) is 15.1. The van der Waals surface area contributed by atoms with Gasteiger partial charge in [0.25, 0.3) is 0 Å². The van der Waals surface area contributed by atoms with Crippen LogP contribution in [0.15, 0.2) is 60.4 Å². The molecule has 0 saturated carbocycles. The molecule has 4 aromatic rings. The number of rotatable bonds is 2. The molecule has 2 aliphatic heterocycles. The summed E-state index contributed by atoms with van der Waals surface area (Å²) in [6, 6.07) is 17.1. The van der Waals surface area contributed by atoms with Crippen LogP contribution in [0.25, 0.3) is 28.1 Å². The Balaban J connectivity index is 1.55. The standard InChI is InChI=1S/C37H38N2/c1-6-25-19-35-36-31-18-27-10-8-9-11-28(27)29(31)14-15-32(36)37(39(35)21-26(25)7-2)33-16-22(3)12-13-30(33)34-17-23(4)24(5)20-38(34)37/h12-17,19-21H,6-11,18H2,1-5H3/q+2. The highest BCUT2D eigenvalue weighted by Crippen LogP contribution is 2.53. The summed E-state index contributed by atoms with van der Waals surface area (Å²) in [7, 11) is 0. The van der Waals surface area contributed by atoms with Crippen molar-refractivity contribution in [2.24, 2.45) is 0 Å². The number of hydrogen-bond acceptors (Lipinski definition) is 0. The van der Waals surface area contributed by atoms with Crippen molar-refractivity contribution in [2.45, 2.75) is 85.2 Å². The Morgan fingerprint density at radius 2 is 1.49 bits per heavy atom. The fraction of sp³-hybridized carbons (Fsp3) is 0.351. The topological polar surface area (TPSA) is 7.76 Å². The van der Waals surface area contributed by atoms with Gasteiger partial charge in [-0.25, -0.2) is 0 Å². The second kappa shape index (κ2) is 8.01. The normalized spacial score (nSPS) is 19.6. The van der Waals surface area contributed by atoms with Gasteiger partial charge < -0.3 is 0 Å². The number of aromatic nitrogens is 2. The molecule has 0 amide bonds. The maximum Gasteiger partial charge on any atom is 0.417 e. The van der Waals surface area contributed by atoms with Gasteiger partial charge in [-0.05, 0) is 112 Å². The van der Waals surface area contributed by atoms with Crippen molar-refractivity contribution in [2.75, 3.05) is 0 Å². The molecule has 39 heavy (non-hydrogen) atoms. The molecule has 2 aromatic heterocycles. The van der Waals surface area contributed by atoms with Crippen molar-refractivity contribution < 1.29 is 9.13 Å². The maximum atomic E-state index is 2.68. The van der Waals surface area contributed by atoms with Gasteiger partial charge in [-0.1, -0.05) is 37.1 Å². The molecule has 0 saturated heterocycles. The first-order valence-electron chi connectivity index (χ1n) is 15.1. The predicted molar refractivity (Wildman–Crippen MR) is 158 cm³/mol. The fourth-order valence-electron chi connectivity index (χ4n) is 8.32. The van der Waals surface area contributed by atoms with E-state index in [1.54, 1.807) is 16.7 Å². The van der Waals surface area contributed by atoms with Crippen molar-refractivity contribution in [3.8, 4) is 22.5 Å². The third kappa shape index (κ3) is 2.82. The zero-order valence-electron chi connectivity index (χ0n) is 24.0. The summed E-state index contributed by atoms with van der Waals surface area (Å²) in [5.74, 6) is 0. The van der Waals surface area contributed by atoms with Crippen molar-refractivity contribution in [3.05, 3.63) is 111 Å². The molecule has 1 spiro atoms. The van der Waals surface area contributed by atoms with Crippen LogP contribution >= 0.6 is 0 Å². The first kappa shape index (κ1) is 23.4.